The van der Waals surface area contributed by atoms with Crippen molar-refractivity contribution in [2.45, 2.75) is 18.0 Å². The second-order valence-electron chi connectivity index (χ2n) is 3.59. The first-order chi connectivity index (χ1) is 7.18. The zero-order valence-electron chi connectivity index (χ0n) is 8.71. The standard InChI is InChI=1S/C10H11F3O2S/c1-7-3-4-8(16(2,15)6-14)5-9(7)10(11,12)13/h3-6,16H,1-2H3. The van der Waals surface area contributed by atoms with Crippen LogP contribution in [0.5, 0.6) is 0 Å². The number of alkyl halides is 3. The molecule has 0 saturated carbocycles. The van der Waals surface area contributed by atoms with Crippen molar-refractivity contribution in [2.75, 3.05) is 6.26 Å². The molecule has 0 heterocycles. The SMILES string of the molecule is Cc1ccc([SH](C)(=O)C=O)cc1C(F)(F)F. The average molecular weight is 252 g/mol. The summed E-state index contributed by atoms with van der Waals surface area (Å²) < 4.78 is 49.3. The van der Waals surface area contributed by atoms with Crippen LogP contribution in [0.1, 0.15) is 11.1 Å². The lowest BCUT2D eigenvalue weighted by atomic mass is 10.1. The Balaban J connectivity index is 3.40. The second kappa shape index (κ2) is 4.01. The largest absolute Gasteiger partial charge is 0.416 e. The number of hydrogen-bond acceptors (Lipinski definition) is 2. The van der Waals surface area contributed by atoms with Crippen LogP contribution in [0.25, 0.3) is 0 Å². The summed E-state index contributed by atoms with van der Waals surface area (Å²) in [6, 6.07) is 3.29. The summed E-state index contributed by atoms with van der Waals surface area (Å²) in [6.45, 7) is 1.31. The smallest absolute Gasteiger partial charge is 0.290 e. The molecule has 1 rings (SSSR count). The summed E-state index contributed by atoms with van der Waals surface area (Å²) in [4.78, 5) is 10.5. The first-order valence-corrected chi connectivity index (χ1v) is 6.63. The molecule has 0 bridgehead atoms. The van der Waals surface area contributed by atoms with Crippen LogP contribution in [0.2, 0.25) is 0 Å². The van der Waals surface area contributed by atoms with E-state index in [9.17, 15) is 22.2 Å². The Kier molecular flexibility index (Phi) is 3.23. The molecular weight excluding hydrogens is 241 g/mol. The van der Waals surface area contributed by atoms with Crippen LogP contribution in [0.15, 0.2) is 23.1 Å². The normalized spacial score (nSPS) is 13.6. The quantitative estimate of drug-likeness (QED) is 0.647. The second-order valence-corrected chi connectivity index (χ2v) is 6.30. The van der Waals surface area contributed by atoms with Gasteiger partial charge in [0, 0.05) is 4.90 Å². The van der Waals surface area contributed by atoms with Crippen LogP contribution in [0.4, 0.5) is 13.2 Å². The Morgan fingerprint density at radius 1 is 1.31 bits per heavy atom. The van der Waals surface area contributed by atoms with Crippen molar-refractivity contribution in [1.82, 2.24) is 0 Å². The van der Waals surface area contributed by atoms with E-state index < -0.39 is 21.7 Å². The zero-order chi connectivity index (χ0) is 12.6. The fourth-order valence-corrected chi connectivity index (χ4v) is 2.13. The summed E-state index contributed by atoms with van der Waals surface area (Å²) in [5, 5.41) is 0. The fraction of sp³-hybridized carbons (Fsp3) is 0.300. The lowest BCUT2D eigenvalue weighted by molar-refractivity contribution is -0.138. The van der Waals surface area contributed by atoms with E-state index >= 15 is 0 Å². The van der Waals surface area contributed by atoms with Gasteiger partial charge in [0.2, 0.25) is 0 Å². The van der Waals surface area contributed by atoms with E-state index in [1.54, 1.807) is 0 Å². The minimum atomic E-state index is -4.50. The van der Waals surface area contributed by atoms with Crippen molar-refractivity contribution in [3.8, 4) is 0 Å². The van der Waals surface area contributed by atoms with E-state index in [1.165, 1.54) is 19.1 Å². The zero-order valence-corrected chi connectivity index (χ0v) is 9.60. The maximum atomic E-state index is 12.5. The fourth-order valence-electron chi connectivity index (χ4n) is 1.25. The monoisotopic (exact) mass is 252 g/mol. The van der Waals surface area contributed by atoms with Crippen LogP contribution < -0.4 is 0 Å². The van der Waals surface area contributed by atoms with E-state index in [0.717, 1.165) is 12.3 Å². The highest BCUT2D eigenvalue weighted by molar-refractivity contribution is 8.14. The summed E-state index contributed by atoms with van der Waals surface area (Å²) >= 11 is 0. The molecule has 6 heteroatoms. The van der Waals surface area contributed by atoms with E-state index in [-0.39, 0.29) is 16.1 Å². The Bertz CT molecular complexity index is 466. The number of hydrogen-bond donors (Lipinski definition) is 1. The third-order valence-electron chi connectivity index (χ3n) is 2.24. The van der Waals surface area contributed by atoms with Crippen LogP contribution in [0, 0.1) is 6.92 Å². The van der Waals surface area contributed by atoms with Gasteiger partial charge in [0.25, 0.3) is 0 Å². The highest BCUT2D eigenvalue weighted by atomic mass is 32.2. The number of rotatable bonds is 2. The molecule has 0 spiro atoms. The van der Waals surface area contributed by atoms with E-state index in [0.29, 0.717) is 0 Å². The Morgan fingerprint density at radius 3 is 2.31 bits per heavy atom. The molecular formula is C10H11F3O2S. The lowest BCUT2D eigenvalue weighted by Gasteiger charge is -2.15. The number of carbonyl (C=O) groups is 1. The molecule has 90 valence electrons. The molecule has 0 saturated heterocycles. The maximum Gasteiger partial charge on any atom is 0.416 e. The van der Waals surface area contributed by atoms with Gasteiger partial charge in [0.05, 0.1) is 5.56 Å². The summed E-state index contributed by atoms with van der Waals surface area (Å²) in [7, 11) is -3.32. The molecule has 0 amide bonds. The number of aryl methyl sites for hydroxylation is 1. The average Bonchev–Trinajstić information content (AvgIpc) is 2.16. The van der Waals surface area contributed by atoms with Crippen LogP contribution in [-0.4, -0.2) is 16.1 Å². The molecule has 1 aromatic carbocycles. The van der Waals surface area contributed by atoms with Crippen molar-refractivity contribution in [3.05, 3.63) is 29.3 Å². The van der Waals surface area contributed by atoms with Crippen LogP contribution >= 0.6 is 0 Å². The van der Waals surface area contributed by atoms with Gasteiger partial charge in [-0.3, -0.25) is 9.00 Å². The minimum absolute atomic E-state index is 0.0437. The maximum absolute atomic E-state index is 12.5. The molecule has 2 nitrogen and oxygen atoms in total. The van der Waals surface area contributed by atoms with Gasteiger partial charge < -0.3 is 0 Å². The van der Waals surface area contributed by atoms with E-state index in [4.69, 9.17) is 0 Å². The van der Waals surface area contributed by atoms with Gasteiger partial charge in [-0.05, 0) is 40.8 Å². The van der Waals surface area contributed by atoms with E-state index in [2.05, 4.69) is 0 Å². The number of thiol groups is 1. The first kappa shape index (κ1) is 12.9. The third-order valence-corrected chi connectivity index (χ3v) is 3.95. The molecule has 0 unspecified atom stereocenters. The van der Waals surface area contributed by atoms with Gasteiger partial charge >= 0.3 is 6.18 Å². The molecule has 0 aliphatic heterocycles. The molecule has 0 aliphatic carbocycles. The van der Waals surface area contributed by atoms with Crippen molar-refractivity contribution in [1.29, 1.82) is 0 Å². The highest BCUT2D eigenvalue weighted by Crippen LogP contribution is 2.33. The van der Waals surface area contributed by atoms with Gasteiger partial charge in [-0.1, -0.05) is 6.07 Å². The number of carbonyl (C=O) groups excluding carboxylic acids is 1. The minimum Gasteiger partial charge on any atom is -0.290 e. The lowest BCUT2D eigenvalue weighted by Crippen LogP contribution is -2.14. The van der Waals surface area contributed by atoms with Gasteiger partial charge in [-0.2, -0.15) is 13.2 Å². The van der Waals surface area contributed by atoms with Gasteiger partial charge in [0.1, 0.15) is 0 Å². The van der Waals surface area contributed by atoms with Crippen molar-refractivity contribution in [2.24, 2.45) is 0 Å². The summed E-state index contributed by atoms with van der Waals surface area (Å²) in [6.07, 6.45) is -3.35. The Morgan fingerprint density at radius 2 is 1.88 bits per heavy atom. The molecule has 0 aliphatic rings. The predicted molar refractivity (Wildman–Crippen MR) is 56.7 cm³/mol. The van der Waals surface area contributed by atoms with Crippen LogP contribution in [0.3, 0.4) is 0 Å². The van der Waals surface area contributed by atoms with E-state index in [1.807, 2.05) is 0 Å². The topological polar surface area (TPSA) is 34.1 Å². The first-order valence-electron chi connectivity index (χ1n) is 4.40. The van der Waals surface area contributed by atoms with Crippen molar-refractivity contribution in [3.63, 3.8) is 0 Å². The van der Waals surface area contributed by atoms with Crippen molar-refractivity contribution < 1.29 is 22.2 Å². The molecule has 0 radical (unpaired) electrons. The third kappa shape index (κ3) is 2.49. The predicted octanol–water partition coefficient (Wildman–Crippen LogP) is 2.21. The van der Waals surface area contributed by atoms with Crippen molar-refractivity contribution >= 4 is 15.6 Å². The molecule has 0 N–H and O–H groups in total. The molecule has 0 aromatic heterocycles. The van der Waals surface area contributed by atoms with Gasteiger partial charge in [0.15, 0.2) is 5.62 Å². The molecule has 1 aromatic rings. The molecule has 0 fully saturated rings. The number of halogens is 3. The van der Waals surface area contributed by atoms with Crippen LogP contribution in [-0.2, 0) is 20.9 Å². The Labute approximate surface area is 91.9 Å². The van der Waals surface area contributed by atoms with Gasteiger partial charge in [-0.25, -0.2) is 0 Å². The highest BCUT2D eigenvalue weighted by Gasteiger charge is 2.33. The summed E-state index contributed by atoms with van der Waals surface area (Å²) in [5.41, 5.74) is -0.603. The molecule has 16 heavy (non-hydrogen) atoms. The summed E-state index contributed by atoms with van der Waals surface area (Å²) in [5.74, 6) is 0. The molecule has 0 atom stereocenters. The number of benzene rings is 1. The van der Waals surface area contributed by atoms with Gasteiger partial charge in [-0.15, -0.1) is 0 Å². The Hall–Kier alpha value is -1.17.